The summed E-state index contributed by atoms with van der Waals surface area (Å²) in [5, 5.41) is 3.15. The van der Waals surface area contributed by atoms with Crippen LogP contribution in [0.15, 0.2) is 24.3 Å². The summed E-state index contributed by atoms with van der Waals surface area (Å²) in [6, 6.07) is 8.37. The maximum atomic E-state index is 5.84. The highest BCUT2D eigenvalue weighted by Gasteiger charge is 2.19. The maximum absolute atomic E-state index is 5.84. The Kier molecular flexibility index (Phi) is 6.34. The van der Waals surface area contributed by atoms with Gasteiger partial charge in [0.1, 0.15) is 12.4 Å². The first kappa shape index (κ1) is 15.3. The summed E-state index contributed by atoms with van der Waals surface area (Å²) in [6.45, 7) is 7.34. The standard InChI is InChI=1S/C17H28N2O/c1-3-19(14-16-5-4-6-16)11-12-20-17-9-7-15(8-10-17)13-18-2/h7-10,16,18H,3-6,11-14H2,1-2H3. The third-order valence-electron chi connectivity index (χ3n) is 4.17. The molecule has 3 nitrogen and oxygen atoms in total. The molecule has 2 rings (SSSR count). The van der Waals surface area contributed by atoms with Crippen molar-refractivity contribution in [3.63, 3.8) is 0 Å². The molecule has 1 aromatic rings. The van der Waals surface area contributed by atoms with E-state index in [0.29, 0.717) is 0 Å². The first-order valence-corrected chi connectivity index (χ1v) is 7.90. The van der Waals surface area contributed by atoms with Crippen molar-refractivity contribution in [3.8, 4) is 5.75 Å². The van der Waals surface area contributed by atoms with E-state index in [-0.39, 0.29) is 0 Å². The van der Waals surface area contributed by atoms with E-state index in [0.717, 1.165) is 37.9 Å². The van der Waals surface area contributed by atoms with Gasteiger partial charge in [-0.3, -0.25) is 4.90 Å². The Hall–Kier alpha value is -1.06. The van der Waals surface area contributed by atoms with Gasteiger partial charge >= 0.3 is 0 Å². The van der Waals surface area contributed by atoms with Gasteiger partial charge in [-0.1, -0.05) is 25.5 Å². The summed E-state index contributed by atoms with van der Waals surface area (Å²) in [6.07, 6.45) is 4.27. The molecule has 3 heteroatoms. The van der Waals surface area contributed by atoms with E-state index in [9.17, 15) is 0 Å². The Labute approximate surface area is 123 Å². The van der Waals surface area contributed by atoms with Crippen LogP contribution in [0.4, 0.5) is 0 Å². The van der Waals surface area contributed by atoms with E-state index in [1.165, 1.54) is 31.4 Å². The Bertz CT molecular complexity index is 373. The number of likely N-dealkylation sites (N-methyl/N-ethyl adjacent to an activating group) is 1. The average Bonchev–Trinajstić information content (AvgIpc) is 2.43. The van der Waals surface area contributed by atoms with Crippen LogP contribution in [-0.4, -0.2) is 38.2 Å². The predicted molar refractivity (Wildman–Crippen MR) is 84.2 cm³/mol. The number of hydrogen-bond acceptors (Lipinski definition) is 3. The molecule has 0 heterocycles. The number of hydrogen-bond donors (Lipinski definition) is 1. The lowest BCUT2D eigenvalue weighted by molar-refractivity contribution is 0.158. The number of rotatable bonds is 9. The predicted octanol–water partition coefficient (Wildman–Crippen LogP) is 2.91. The smallest absolute Gasteiger partial charge is 0.119 e. The largest absolute Gasteiger partial charge is 0.492 e. The molecule has 1 aliphatic rings. The highest BCUT2D eigenvalue weighted by Crippen LogP contribution is 2.26. The van der Waals surface area contributed by atoms with E-state index in [1.54, 1.807) is 0 Å². The van der Waals surface area contributed by atoms with Crippen LogP contribution in [0.1, 0.15) is 31.7 Å². The molecule has 1 aliphatic carbocycles. The third-order valence-corrected chi connectivity index (χ3v) is 4.17. The SMILES string of the molecule is CCN(CCOc1ccc(CNC)cc1)CC1CCC1. The van der Waals surface area contributed by atoms with Gasteiger partial charge < -0.3 is 10.1 Å². The van der Waals surface area contributed by atoms with Crippen molar-refractivity contribution in [2.75, 3.05) is 33.3 Å². The Morgan fingerprint density at radius 1 is 1.25 bits per heavy atom. The summed E-state index contributed by atoms with van der Waals surface area (Å²) in [4.78, 5) is 2.51. The molecule has 0 amide bonds. The maximum Gasteiger partial charge on any atom is 0.119 e. The van der Waals surface area contributed by atoms with Gasteiger partial charge in [0.25, 0.3) is 0 Å². The van der Waals surface area contributed by atoms with Crippen molar-refractivity contribution in [3.05, 3.63) is 29.8 Å². The van der Waals surface area contributed by atoms with Crippen LogP contribution in [-0.2, 0) is 6.54 Å². The van der Waals surface area contributed by atoms with E-state index in [1.807, 2.05) is 7.05 Å². The van der Waals surface area contributed by atoms with Crippen molar-refractivity contribution in [2.24, 2.45) is 5.92 Å². The van der Waals surface area contributed by atoms with Crippen molar-refractivity contribution in [1.29, 1.82) is 0 Å². The van der Waals surface area contributed by atoms with Crippen LogP contribution in [0.3, 0.4) is 0 Å². The van der Waals surface area contributed by atoms with Crippen LogP contribution in [0.5, 0.6) is 5.75 Å². The number of nitrogens with zero attached hydrogens (tertiary/aromatic N) is 1. The van der Waals surface area contributed by atoms with Gasteiger partial charge in [0.15, 0.2) is 0 Å². The molecule has 20 heavy (non-hydrogen) atoms. The van der Waals surface area contributed by atoms with Crippen molar-refractivity contribution in [2.45, 2.75) is 32.7 Å². The molecule has 1 fully saturated rings. The molecule has 1 N–H and O–H groups in total. The molecule has 0 unspecified atom stereocenters. The quantitative estimate of drug-likeness (QED) is 0.750. The van der Waals surface area contributed by atoms with Crippen LogP contribution in [0.25, 0.3) is 0 Å². The molecular formula is C17H28N2O. The molecular weight excluding hydrogens is 248 g/mol. The minimum absolute atomic E-state index is 0.784. The first-order chi connectivity index (χ1) is 9.81. The van der Waals surface area contributed by atoms with Gasteiger partial charge in [-0.2, -0.15) is 0 Å². The number of nitrogens with one attached hydrogen (secondary N) is 1. The fourth-order valence-electron chi connectivity index (χ4n) is 2.62. The number of ether oxygens (including phenoxy) is 1. The van der Waals surface area contributed by atoms with Crippen LogP contribution in [0.2, 0.25) is 0 Å². The third kappa shape index (κ3) is 4.80. The number of benzene rings is 1. The molecule has 0 saturated heterocycles. The normalized spacial score (nSPS) is 15.3. The monoisotopic (exact) mass is 276 g/mol. The minimum Gasteiger partial charge on any atom is -0.492 e. The topological polar surface area (TPSA) is 24.5 Å². The van der Waals surface area contributed by atoms with Gasteiger partial charge in [0.05, 0.1) is 0 Å². The first-order valence-electron chi connectivity index (χ1n) is 7.90. The molecule has 1 aromatic carbocycles. The van der Waals surface area contributed by atoms with E-state index in [4.69, 9.17) is 4.74 Å². The van der Waals surface area contributed by atoms with Crippen molar-refractivity contribution in [1.82, 2.24) is 10.2 Å². The van der Waals surface area contributed by atoms with Gasteiger partial charge in [0.2, 0.25) is 0 Å². The second-order valence-electron chi connectivity index (χ2n) is 5.71. The molecule has 0 bridgehead atoms. The summed E-state index contributed by atoms with van der Waals surface area (Å²) >= 11 is 0. The summed E-state index contributed by atoms with van der Waals surface area (Å²) in [5.41, 5.74) is 1.29. The summed E-state index contributed by atoms with van der Waals surface area (Å²) < 4.78 is 5.84. The zero-order chi connectivity index (χ0) is 14.2. The van der Waals surface area contributed by atoms with Gasteiger partial charge in [-0.25, -0.2) is 0 Å². The van der Waals surface area contributed by atoms with Crippen molar-refractivity contribution < 1.29 is 4.74 Å². The second-order valence-corrected chi connectivity index (χ2v) is 5.71. The van der Waals surface area contributed by atoms with Crippen LogP contribution in [0, 0.1) is 5.92 Å². The molecule has 0 spiro atoms. The molecule has 0 aliphatic heterocycles. The molecule has 1 saturated carbocycles. The van der Waals surface area contributed by atoms with Crippen molar-refractivity contribution >= 4 is 0 Å². The lowest BCUT2D eigenvalue weighted by Gasteiger charge is -2.31. The van der Waals surface area contributed by atoms with Gasteiger partial charge in [-0.15, -0.1) is 0 Å². The fraction of sp³-hybridized carbons (Fsp3) is 0.647. The lowest BCUT2D eigenvalue weighted by atomic mass is 9.85. The van der Waals surface area contributed by atoms with Gasteiger partial charge in [0, 0.05) is 19.6 Å². The van der Waals surface area contributed by atoms with Crippen LogP contribution < -0.4 is 10.1 Å². The fourth-order valence-corrected chi connectivity index (χ4v) is 2.62. The van der Waals surface area contributed by atoms with Crippen LogP contribution >= 0.6 is 0 Å². The van der Waals surface area contributed by atoms with E-state index >= 15 is 0 Å². The van der Waals surface area contributed by atoms with E-state index < -0.39 is 0 Å². The Balaban J connectivity index is 1.68. The van der Waals surface area contributed by atoms with Gasteiger partial charge in [-0.05, 0) is 50.0 Å². The highest BCUT2D eigenvalue weighted by atomic mass is 16.5. The Morgan fingerprint density at radius 3 is 2.55 bits per heavy atom. The average molecular weight is 276 g/mol. The highest BCUT2D eigenvalue weighted by molar-refractivity contribution is 5.27. The summed E-state index contributed by atoms with van der Waals surface area (Å²) in [5.74, 6) is 1.92. The lowest BCUT2D eigenvalue weighted by Crippen LogP contribution is -2.35. The summed E-state index contributed by atoms with van der Waals surface area (Å²) in [7, 11) is 1.96. The molecule has 0 aromatic heterocycles. The minimum atomic E-state index is 0.784. The zero-order valence-electron chi connectivity index (χ0n) is 12.9. The zero-order valence-corrected chi connectivity index (χ0v) is 12.9. The Morgan fingerprint density at radius 2 is 2.00 bits per heavy atom. The second kappa shape index (κ2) is 8.28. The van der Waals surface area contributed by atoms with E-state index in [2.05, 4.69) is 41.4 Å². The molecule has 0 atom stereocenters. The molecule has 112 valence electrons. The molecule has 0 radical (unpaired) electrons.